The van der Waals surface area contributed by atoms with Crippen molar-refractivity contribution < 1.29 is 9.47 Å². The molecule has 0 unspecified atom stereocenters. The van der Waals surface area contributed by atoms with Gasteiger partial charge in [-0.05, 0) is 13.0 Å². The zero-order valence-corrected chi connectivity index (χ0v) is 23.3. The molecule has 38 heavy (non-hydrogen) atoms. The number of benzene rings is 2. The number of aliphatic imine (C=N–C) groups is 1. The van der Waals surface area contributed by atoms with Gasteiger partial charge in [0.15, 0.2) is 17.1 Å². The molecule has 2 aromatic carbocycles. The van der Waals surface area contributed by atoms with E-state index in [0.29, 0.717) is 18.2 Å². The molecule has 0 fully saturated rings. The van der Waals surface area contributed by atoms with Gasteiger partial charge in [0, 0.05) is 44.3 Å². The summed E-state index contributed by atoms with van der Waals surface area (Å²) in [4.78, 5) is 9.76. The van der Waals surface area contributed by atoms with E-state index >= 15 is 0 Å². The summed E-state index contributed by atoms with van der Waals surface area (Å²) in [5.41, 5.74) is 5.35. The summed E-state index contributed by atoms with van der Waals surface area (Å²) >= 11 is 0. The van der Waals surface area contributed by atoms with E-state index in [-0.39, 0.29) is 0 Å². The first-order valence-corrected chi connectivity index (χ1v) is 16.5. The molecule has 0 radical (unpaired) electrons. The van der Waals surface area contributed by atoms with Crippen LogP contribution in [0.2, 0.25) is 25.7 Å². The van der Waals surface area contributed by atoms with Crippen LogP contribution >= 0.6 is 0 Å². The lowest BCUT2D eigenvalue weighted by molar-refractivity contribution is 0.0784. The molecule has 0 spiro atoms. The van der Waals surface area contributed by atoms with Crippen molar-refractivity contribution in [2.24, 2.45) is 4.99 Å². The zero-order valence-electron chi connectivity index (χ0n) is 22.3. The summed E-state index contributed by atoms with van der Waals surface area (Å²) < 4.78 is 15.8. The van der Waals surface area contributed by atoms with Crippen LogP contribution in [0.4, 0.5) is 5.69 Å². The van der Waals surface area contributed by atoms with Crippen molar-refractivity contribution >= 4 is 25.1 Å². The summed E-state index contributed by atoms with van der Waals surface area (Å²) in [7, 11) is -1.13. The lowest BCUT2D eigenvalue weighted by Gasteiger charge is -2.15. The third kappa shape index (κ3) is 6.45. The molecule has 3 heterocycles. The Morgan fingerprint density at radius 1 is 0.921 bits per heavy atom. The average Bonchev–Trinajstić information content (AvgIpc) is 3.51. The first kappa shape index (κ1) is 25.6. The van der Waals surface area contributed by atoms with Gasteiger partial charge in [0.25, 0.3) is 0 Å². The van der Waals surface area contributed by atoms with E-state index in [1.165, 1.54) is 0 Å². The molecule has 5 aromatic rings. The molecule has 0 amide bonds. The normalized spacial score (nSPS) is 11.6. The molecule has 7 nitrogen and oxygen atoms in total. The molecule has 0 aliphatic heterocycles. The Balaban J connectivity index is 1.45. The molecule has 0 aliphatic rings. The van der Waals surface area contributed by atoms with E-state index in [9.17, 15) is 0 Å². The number of nitrogens with zero attached hydrogens (tertiary/aromatic N) is 5. The lowest BCUT2D eigenvalue weighted by atomic mass is 10.0. The molecule has 5 rings (SSSR count). The number of pyridine rings is 1. The van der Waals surface area contributed by atoms with Gasteiger partial charge in [-0.3, -0.25) is 0 Å². The van der Waals surface area contributed by atoms with E-state index in [2.05, 4.69) is 54.0 Å². The van der Waals surface area contributed by atoms with Gasteiger partial charge in [0.1, 0.15) is 6.73 Å². The van der Waals surface area contributed by atoms with Gasteiger partial charge in [-0.25, -0.2) is 14.7 Å². The minimum atomic E-state index is -1.13. The second-order valence-electron chi connectivity index (χ2n) is 10.5. The van der Waals surface area contributed by atoms with Crippen molar-refractivity contribution in [3.8, 4) is 11.5 Å². The fourth-order valence-corrected chi connectivity index (χ4v) is 4.82. The van der Waals surface area contributed by atoms with Gasteiger partial charge in [-0.1, -0.05) is 80.3 Å². The molecule has 0 saturated heterocycles. The van der Waals surface area contributed by atoms with Crippen molar-refractivity contribution in [1.29, 1.82) is 0 Å². The summed E-state index contributed by atoms with van der Waals surface area (Å²) in [5.74, 6) is 1.23. The van der Waals surface area contributed by atoms with Crippen LogP contribution in [0.3, 0.4) is 0 Å². The van der Waals surface area contributed by atoms with Crippen LogP contribution in [0, 0.1) is 6.92 Å². The van der Waals surface area contributed by atoms with E-state index < -0.39 is 8.07 Å². The predicted molar refractivity (Wildman–Crippen MR) is 155 cm³/mol. The summed E-state index contributed by atoms with van der Waals surface area (Å²) in [5, 5.41) is 4.41. The summed E-state index contributed by atoms with van der Waals surface area (Å²) in [6.07, 6.45) is 7.49. The van der Waals surface area contributed by atoms with Crippen LogP contribution in [-0.4, -0.2) is 39.6 Å². The zero-order chi connectivity index (χ0) is 26.5. The van der Waals surface area contributed by atoms with Gasteiger partial charge in [-0.15, -0.1) is 0 Å². The van der Waals surface area contributed by atoms with Crippen LogP contribution in [0.15, 0.2) is 96.5 Å². The van der Waals surface area contributed by atoms with Crippen LogP contribution in [0.1, 0.15) is 16.8 Å². The molecule has 0 saturated carbocycles. The summed E-state index contributed by atoms with van der Waals surface area (Å²) in [6, 6.07) is 23.5. The topological polar surface area (TPSA) is 65.9 Å². The largest absolute Gasteiger partial charge is 0.450 e. The fraction of sp³-hybridized carbons (Fsp3) is 0.233. The standard InChI is InChI=1S/C30H33N5O2Si/c1-23-19-34-20-26(33-29(24-11-7-5-8-12-24)25-13-9-6-10-14-25)17-28(30(34)32-23)37-27-18-31-35(21-27)22-36-15-16-38(2,3)4/h5-14,17-21H,15-16,22H2,1-4H3. The first-order chi connectivity index (χ1) is 18.3. The number of hydrogen-bond acceptors (Lipinski definition) is 5. The van der Waals surface area contributed by atoms with E-state index in [1.54, 1.807) is 10.9 Å². The molecule has 0 bridgehead atoms. The van der Waals surface area contributed by atoms with Crippen molar-refractivity contribution in [1.82, 2.24) is 19.2 Å². The van der Waals surface area contributed by atoms with Crippen molar-refractivity contribution in [3.05, 3.63) is 108 Å². The van der Waals surface area contributed by atoms with Crippen molar-refractivity contribution in [3.63, 3.8) is 0 Å². The molecular formula is C30H33N5O2Si. The molecule has 8 heteroatoms. The predicted octanol–water partition coefficient (Wildman–Crippen LogP) is 7.11. The van der Waals surface area contributed by atoms with E-state index in [4.69, 9.17) is 14.5 Å². The van der Waals surface area contributed by atoms with Gasteiger partial charge in [-0.2, -0.15) is 5.10 Å². The minimum Gasteiger partial charge on any atom is -0.450 e. The monoisotopic (exact) mass is 523 g/mol. The Bertz CT molecular complexity index is 1490. The Morgan fingerprint density at radius 3 is 2.26 bits per heavy atom. The van der Waals surface area contributed by atoms with Crippen LogP contribution in [0.5, 0.6) is 11.5 Å². The van der Waals surface area contributed by atoms with Gasteiger partial charge < -0.3 is 13.9 Å². The number of aryl methyl sites for hydroxylation is 1. The quantitative estimate of drug-likeness (QED) is 0.111. The molecule has 0 N–H and O–H groups in total. The second kappa shape index (κ2) is 11.2. The number of rotatable bonds is 10. The maximum absolute atomic E-state index is 6.30. The number of ether oxygens (including phenoxy) is 2. The number of aromatic nitrogens is 4. The molecule has 0 aliphatic carbocycles. The Hall–Kier alpha value is -4.01. The fourth-order valence-electron chi connectivity index (χ4n) is 4.06. The van der Waals surface area contributed by atoms with Crippen LogP contribution in [0.25, 0.3) is 5.65 Å². The Morgan fingerprint density at radius 2 is 1.61 bits per heavy atom. The van der Waals surface area contributed by atoms with Gasteiger partial charge in [0.2, 0.25) is 0 Å². The highest BCUT2D eigenvalue weighted by atomic mass is 28.3. The summed E-state index contributed by atoms with van der Waals surface area (Å²) in [6.45, 7) is 10.1. The molecular weight excluding hydrogens is 490 g/mol. The first-order valence-electron chi connectivity index (χ1n) is 12.8. The smallest absolute Gasteiger partial charge is 0.180 e. The maximum atomic E-state index is 6.30. The minimum absolute atomic E-state index is 0.396. The highest BCUT2D eigenvalue weighted by Crippen LogP contribution is 2.31. The molecule has 0 atom stereocenters. The third-order valence-corrected chi connectivity index (χ3v) is 7.72. The average molecular weight is 524 g/mol. The van der Waals surface area contributed by atoms with Crippen LogP contribution in [-0.2, 0) is 11.5 Å². The number of hydrogen-bond donors (Lipinski definition) is 0. The lowest BCUT2D eigenvalue weighted by Crippen LogP contribution is -2.22. The van der Waals surface area contributed by atoms with E-state index in [0.717, 1.165) is 46.5 Å². The number of fused-ring (bicyclic) bond motifs is 1. The van der Waals surface area contributed by atoms with Gasteiger partial charge in [0.05, 0.1) is 29.5 Å². The highest BCUT2D eigenvalue weighted by molar-refractivity contribution is 6.76. The van der Waals surface area contributed by atoms with Crippen molar-refractivity contribution in [2.45, 2.75) is 39.3 Å². The van der Waals surface area contributed by atoms with Crippen molar-refractivity contribution in [2.75, 3.05) is 6.61 Å². The highest BCUT2D eigenvalue weighted by Gasteiger charge is 2.14. The number of imidazole rings is 1. The third-order valence-electron chi connectivity index (χ3n) is 6.02. The Kier molecular flexibility index (Phi) is 7.53. The molecule has 3 aromatic heterocycles. The SMILES string of the molecule is Cc1cn2cc(N=C(c3ccccc3)c3ccccc3)cc(Oc3cnn(COCC[Si](C)(C)C)c3)c2n1. The maximum Gasteiger partial charge on any atom is 0.180 e. The van der Waals surface area contributed by atoms with Gasteiger partial charge >= 0.3 is 0 Å². The Labute approximate surface area is 224 Å². The second-order valence-corrected chi connectivity index (χ2v) is 16.2. The van der Waals surface area contributed by atoms with Crippen LogP contribution < -0.4 is 4.74 Å². The molecule has 194 valence electrons. The van der Waals surface area contributed by atoms with E-state index in [1.807, 2.05) is 72.4 Å².